The van der Waals surface area contributed by atoms with E-state index in [1.165, 1.54) is 11.3 Å². The lowest BCUT2D eigenvalue weighted by Crippen LogP contribution is -2.11. The third-order valence-corrected chi connectivity index (χ3v) is 5.84. The molecular weight excluding hydrogens is 402 g/mol. The molecule has 0 radical (unpaired) electrons. The number of fused-ring (bicyclic) bond motifs is 3. The van der Waals surface area contributed by atoms with E-state index in [2.05, 4.69) is 5.32 Å². The van der Waals surface area contributed by atoms with Gasteiger partial charge in [-0.25, -0.2) is 9.97 Å². The molecule has 0 aliphatic rings. The molecule has 0 aliphatic heterocycles. The SMILES string of the molecule is O=C(Nc1nc2c(s1)c(-c1ccc(Cl)cc1)nc1ccccc12)c1ccccc1. The first-order chi connectivity index (χ1) is 14.2. The number of para-hydroxylation sites is 1. The normalized spacial score (nSPS) is 11.1. The Bertz CT molecular complexity index is 1350. The van der Waals surface area contributed by atoms with Crippen LogP contribution in [0.3, 0.4) is 0 Å². The summed E-state index contributed by atoms with van der Waals surface area (Å²) in [7, 11) is 0. The molecule has 5 aromatic rings. The Labute approximate surface area is 175 Å². The molecule has 0 fully saturated rings. The fourth-order valence-electron chi connectivity index (χ4n) is 3.22. The molecule has 0 aliphatic carbocycles. The molecule has 140 valence electrons. The Balaban J connectivity index is 1.67. The van der Waals surface area contributed by atoms with Crippen molar-refractivity contribution in [2.45, 2.75) is 0 Å². The number of carbonyl (C=O) groups excluding carboxylic acids is 1. The molecule has 29 heavy (non-hydrogen) atoms. The highest BCUT2D eigenvalue weighted by Crippen LogP contribution is 2.38. The zero-order valence-corrected chi connectivity index (χ0v) is 16.7. The third kappa shape index (κ3) is 3.35. The summed E-state index contributed by atoms with van der Waals surface area (Å²) >= 11 is 7.48. The topological polar surface area (TPSA) is 54.9 Å². The molecule has 6 heteroatoms. The second-order valence-electron chi connectivity index (χ2n) is 6.50. The standard InChI is InChI=1S/C23H14ClN3OS/c24-16-12-10-14(11-13-16)19-21-20(17-8-4-5-9-18(17)25-19)26-23(29-21)27-22(28)15-6-2-1-3-7-15/h1-13H,(H,26,27,28). The van der Waals surface area contributed by atoms with E-state index in [1.807, 2.05) is 66.7 Å². The highest BCUT2D eigenvalue weighted by molar-refractivity contribution is 7.23. The number of carbonyl (C=O) groups is 1. The number of anilines is 1. The average Bonchev–Trinajstić information content (AvgIpc) is 3.18. The number of halogens is 1. The minimum Gasteiger partial charge on any atom is -0.298 e. The average molecular weight is 416 g/mol. The van der Waals surface area contributed by atoms with Crippen molar-refractivity contribution in [1.82, 2.24) is 9.97 Å². The monoisotopic (exact) mass is 415 g/mol. The Morgan fingerprint density at radius 1 is 0.862 bits per heavy atom. The molecule has 0 atom stereocenters. The molecule has 4 nitrogen and oxygen atoms in total. The number of nitrogens with zero attached hydrogens (tertiary/aromatic N) is 2. The van der Waals surface area contributed by atoms with Crippen molar-refractivity contribution in [1.29, 1.82) is 0 Å². The van der Waals surface area contributed by atoms with Gasteiger partial charge in [0.15, 0.2) is 5.13 Å². The van der Waals surface area contributed by atoms with Crippen molar-refractivity contribution in [3.8, 4) is 11.3 Å². The van der Waals surface area contributed by atoms with Gasteiger partial charge in [0.2, 0.25) is 0 Å². The van der Waals surface area contributed by atoms with Crippen LogP contribution in [-0.4, -0.2) is 15.9 Å². The van der Waals surface area contributed by atoms with Crippen molar-refractivity contribution < 1.29 is 4.79 Å². The van der Waals surface area contributed by atoms with E-state index in [-0.39, 0.29) is 5.91 Å². The first-order valence-electron chi connectivity index (χ1n) is 9.01. The van der Waals surface area contributed by atoms with Gasteiger partial charge in [0.25, 0.3) is 5.91 Å². The minimum absolute atomic E-state index is 0.185. The summed E-state index contributed by atoms with van der Waals surface area (Å²) in [4.78, 5) is 22.2. The fraction of sp³-hybridized carbons (Fsp3) is 0. The number of nitrogens with one attached hydrogen (secondary N) is 1. The first-order valence-corrected chi connectivity index (χ1v) is 10.2. The van der Waals surface area contributed by atoms with E-state index in [1.54, 1.807) is 12.1 Å². The maximum atomic E-state index is 12.6. The number of hydrogen-bond donors (Lipinski definition) is 1. The Hall–Kier alpha value is -3.28. The van der Waals surface area contributed by atoms with Gasteiger partial charge in [0, 0.05) is 21.5 Å². The molecule has 3 aromatic carbocycles. The van der Waals surface area contributed by atoms with Gasteiger partial charge in [0.05, 0.1) is 21.4 Å². The molecule has 2 heterocycles. The Kier molecular flexibility index (Phi) is 4.46. The summed E-state index contributed by atoms with van der Waals surface area (Å²) in [6, 6.07) is 24.6. The van der Waals surface area contributed by atoms with E-state index in [0.717, 1.165) is 32.4 Å². The smallest absolute Gasteiger partial charge is 0.257 e. The van der Waals surface area contributed by atoms with Crippen molar-refractivity contribution in [2.24, 2.45) is 0 Å². The second kappa shape index (κ2) is 7.28. The van der Waals surface area contributed by atoms with Crippen LogP contribution in [0.4, 0.5) is 5.13 Å². The van der Waals surface area contributed by atoms with Crippen LogP contribution < -0.4 is 5.32 Å². The van der Waals surface area contributed by atoms with Gasteiger partial charge < -0.3 is 0 Å². The molecule has 0 bridgehead atoms. The number of hydrogen-bond acceptors (Lipinski definition) is 4. The zero-order valence-electron chi connectivity index (χ0n) is 15.1. The number of rotatable bonds is 3. The lowest BCUT2D eigenvalue weighted by Gasteiger charge is -2.05. The Morgan fingerprint density at radius 3 is 2.38 bits per heavy atom. The van der Waals surface area contributed by atoms with Crippen LogP contribution in [-0.2, 0) is 0 Å². The van der Waals surface area contributed by atoms with Crippen molar-refractivity contribution in [2.75, 3.05) is 5.32 Å². The predicted octanol–water partition coefficient (Wildman–Crippen LogP) is 6.42. The molecular formula is C23H14ClN3OS. The molecule has 5 rings (SSSR count). The van der Waals surface area contributed by atoms with Gasteiger partial charge in [0.1, 0.15) is 0 Å². The summed E-state index contributed by atoms with van der Waals surface area (Å²) in [5.41, 5.74) is 4.06. The largest absolute Gasteiger partial charge is 0.298 e. The molecule has 0 saturated heterocycles. The van der Waals surface area contributed by atoms with Crippen LogP contribution in [0.15, 0.2) is 78.9 Å². The van der Waals surface area contributed by atoms with Gasteiger partial charge in [-0.2, -0.15) is 0 Å². The van der Waals surface area contributed by atoms with Crippen LogP contribution in [0.1, 0.15) is 10.4 Å². The van der Waals surface area contributed by atoms with Crippen LogP contribution in [0, 0.1) is 0 Å². The highest BCUT2D eigenvalue weighted by Gasteiger charge is 2.17. The van der Waals surface area contributed by atoms with Crippen LogP contribution >= 0.6 is 22.9 Å². The number of pyridine rings is 1. The number of benzene rings is 3. The van der Waals surface area contributed by atoms with Crippen molar-refractivity contribution in [3.05, 3.63) is 89.4 Å². The molecule has 2 aromatic heterocycles. The van der Waals surface area contributed by atoms with E-state index < -0.39 is 0 Å². The van der Waals surface area contributed by atoms with Gasteiger partial charge in [-0.1, -0.05) is 71.5 Å². The Morgan fingerprint density at radius 2 is 1.59 bits per heavy atom. The number of amides is 1. The van der Waals surface area contributed by atoms with Gasteiger partial charge >= 0.3 is 0 Å². The molecule has 1 N–H and O–H groups in total. The summed E-state index contributed by atoms with van der Waals surface area (Å²) in [6.45, 7) is 0. The van der Waals surface area contributed by atoms with Gasteiger partial charge in [-0.3, -0.25) is 10.1 Å². The predicted molar refractivity (Wildman–Crippen MR) is 120 cm³/mol. The maximum absolute atomic E-state index is 12.6. The van der Waals surface area contributed by atoms with Crippen LogP contribution in [0.25, 0.3) is 32.4 Å². The zero-order chi connectivity index (χ0) is 19.8. The van der Waals surface area contributed by atoms with Gasteiger partial charge in [-0.05, 0) is 30.3 Å². The second-order valence-corrected chi connectivity index (χ2v) is 7.94. The summed E-state index contributed by atoms with van der Waals surface area (Å²) < 4.78 is 0.925. The van der Waals surface area contributed by atoms with Crippen LogP contribution in [0.5, 0.6) is 0 Å². The summed E-state index contributed by atoms with van der Waals surface area (Å²) in [5, 5.41) is 5.09. The number of aromatic nitrogens is 2. The van der Waals surface area contributed by atoms with E-state index in [0.29, 0.717) is 15.7 Å². The lowest BCUT2D eigenvalue weighted by atomic mass is 10.1. The van der Waals surface area contributed by atoms with E-state index in [4.69, 9.17) is 21.6 Å². The van der Waals surface area contributed by atoms with Crippen LogP contribution in [0.2, 0.25) is 5.02 Å². The fourth-order valence-corrected chi connectivity index (χ4v) is 4.33. The van der Waals surface area contributed by atoms with E-state index in [9.17, 15) is 4.79 Å². The highest BCUT2D eigenvalue weighted by atomic mass is 35.5. The summed E-state index contributed by atoms with van der Waals surface area (Å²) in [6.07, 6.45) is 0. The molecule has 0 saturated carbocycles. The number of thiazole rings is 1. The van der Waals surface area contributed by atoms with Gasteiger partial charge in [-0.15, -0.1) is 0 Å². The molecule has 1 amide bonds. The third-order valence-electron chi connectivity index (χ3n) is 4.61. The first kappa shape index (κ1) is 17.8. The minimum atomic E-state index is -0.185. The van der Waals surface area contributed by atoms with Crippen molar-refractivity contribution >= 4 is 55.1 Å². The lowest BCUT2D eigenvalue weighted by molar-refractivity contribution is 0.102. The maximum Gasteiger partial charge on any atom is 0.257 e. The molecule has 0 unspecified atom stereocenters. The van der Waals surface area contributed by atoms with E-state index >= 15 is 0 Å². The quantitative estimate of drug-likeness (QED) is 0.370. The molecule has 0 spiro atoms. The van der Waals surface area contributed by atoms with Crippen molar-refractivity contribution in [3.63, 3.8) is 0 Å². The summed E-state index contributed by atoms with van der Waals surface area (Å²) in [5.74, 6) is -0.185.